The molecule has 0 spiro atoms. The maximum atomic E-state index is 5.26. The minimum Gasteiger partial charge on any atom is -0.383 e. The third kappa shape index (κ3) is 5.68. The van der Waals surface area contributed by atoms with Crippen molar-refractivity contribution in [1.82, 2.24) is 10.2 Å². The third-order valence-corrected chi connectivity index (χ3v) is 4.05. The van der Waals surface area contributed by atoms with Crippen LogP contribution in [0.3, 0.4) is 0 Å². The molecule has 1 saturated carbocycles. The van der Waals surface area contributed by atoms with Gasteiger partial charge in [0, 0.05) is 32.3 Å². The summed E-state index contributed by atoms with van der Waals surface area (Å²) in [6.45, 7) is 11.0. The van der Waals surface area contributed by atoms with E-state index in [0.29, 0.717) is 6.04 Å². The molecule has 1 aliphatic rings. The number of nitrogens with zero attached hydrogens (tertiary/aromatic N) is 1. The van der Waals surface area contributed by atoms with Crippen molar-refractivity contribution in [3.8, 4) is 0 Å². The van der Waals surface area contributed by atoms with E-state index < -0.39 is 0 Å². The van der Waals surface area contributed by atoms with E-state index in [0.717, 1.165) is 31.7 Å². The summed E-state index contributed by atoms with van der Waals surface area (Å²) in [4.78, 5) is 2.63. The first-order chi connectivity index (χ1) is 8.72. The highest BCUT2D eigenvalue weighted by Crippen LogP contribution is 2.35. The minimum absolute atomic E-state index is 0.637. The Morgan fingerprint density at radius 1 is 1.33 bits per heavy atom. The summed E-state index contributed by atoms with van der Waals surface area (Å²) in [5, 5.41) is 3.62. The fraction of sp³-hybridized carbons (Fsp3) is 1.00. The number of hydrogen-bond donors (Lipinski definition) is 1. The zero-order valence-electron chi connectivity index (χ0n) is 12.7. The Labute approximate surface area is 113 Å². The molecule has 0 radical (unpaired) electrons. The van der Waals surface area contributed by atoms with Crippen molar-refractivity contribution in [1.29, 1.82) is 0 Å². The molecule has 0 aromatic rings. The Kier molecular flexibility index (Phi) is 7.87. The van der Waals surface area contributed by atoms with E-state index in [1.807, 2.05) is 0 Å². The van der Waals surface area contributed by atoms with Gasteiger partial charge < -0.3 is 10.1 Å². The number of methoxy groups -OCH3 is 1. The molecule has 1 fully saturated rings. The molecule has 0 bridgehead atoms. The van der Waals surface area contributed by atoms with Crippen LogP contribution in [0, 0.1) is 5.92 Å². The van der Waals surface area contributed by atoms with Crippen molar-refractivity contribution in [3.63, 3.8) is 0 Å². The molecule has 2 atom stereocenters. The zero-order chi connectivity index (χ0) is 13.4. The van der Waals surface area contributed by atoms with Crippen molar-refractivity contribution >= 4 is 0 Å². The van der Waals surface area contributed by atoms with Gasteiger partial charge in [-0.25, -0.2) is 0 Å². The Balaban J connectivity index is 2.45. The standard InChI is InChI=1S/C15H32N2O/c1-5-7-15(16-6-2)12-17(10-11-18-4)13(3)14-8-9-14/h13-16H,5-12H2,1-4H3. The minimum atomic E-state index is 0.637. The average molecular weight is 256 g/mol. The van der Waals surface area contributed by atoms with Gasteiger partial charge in [0.1, 0.15) is 0 Å². The first kappa shape index (κ1) is 15.9. The van der Waals surface area contributed by atoms with Crippen LogP contribution in [0.5, 0.6) is 0 Å². The smallest absolute Gasteiger partial charge is 0.0589 e. The molecule has 0 aromatic heterocycles. The van der Waals surface area contributed by atoms with E-state index in [1.165, 1.54) is 32.2 Å². The normalized spacial score (nSPS) is 19.2. The van der Waals surface area contributed by atoms with Crippen LogP contribution in [0.4, 0.5) is 0 Å². The lowest BCUT2D eigenvalue weighted by molar-refractivity contribution is 0.107. The fourth-order valence-electron chi connectivity index (χ4n) is 2.72. The summed E-state index contributed by atoms with van der Waals surface area (Å²) in [6.07, 6.45) is 5.37. The number of rotatable bonds is 11. The number of likely N-dealkylation sites (N-methyl/N-ethyl adjacent to an activating group) is 1. The first-order valence-corrected chi connectivity index (χ1v) is 7.69. The van der Waals surface area contributed by atoms with Gasteiger partial charge in [-0.15, -0.1) is 0 Å². The van der Waals surface area contributed by atoms with Crippen LogP contribution in [0.15, 0.2) is 0 Å². The highest BCUT2D eigenvalue weighted by molar-refractivity contribution is 4.87. The van der Waals surface area contributed by atoms with Crippen molar-refractivity contribution in [2.45, 2.75) is 58.5 Å². The molecular formula is C15H32N2O. The second-order valence-electron chi connectivity index (χ2n) is 5.61. The lowest BCUT2D eigenvalue weighted by Gasteiger charge is -2.33. The Bertz CT molecular complexity index is 201. The van der Waals surface area contributed by atoms with Crippen LogP contribution in [-0.4, -0.2) is 50.3 Å². The van der Waals surface area contributed by atoms with E-state index >= 15 is 0 Å². The molecule has 0 saturated heterocycles. The molecule has 1 aliphatic carbocycles. The van der Waals surface area contributed by atoms with Gasteiger partial charge in [-0.3, -0.25) is 4.90 Å². The summed E-state index contributed by atoms with van der Waals surface area (Å²) < 4.78 is 5.26. The van der Waals surface area contributed by atoms with Crippen LogP contribution in [0.25, 0.3) is 0 Å². The average Bonchev–Trinajstić information content (AvgIpc) is 3.18. The van der Waals surface area contributed by atoms with E-state index in [1.54, 1.807) is 7.11 Å². The predicted octanol–water partition coefficient (Wildman–Crippen LogP) is 2.51. The van der Waals surface area contributed by atoms with Crippen molar-refractivity contribution in [2.75, 3.05) is 33.4 Å². The fourth-order valence-corrected chi connectivity index (χ4v) is 2.72. The molecule has 108 valence electrons. The third-order valence-electron chi connectivity index (χ3n) is 4.05. The van der Waals surface area contributed by atoms with Gasteiger partial charge >= 0.3 is 0 Å². The maximum Gasteiger partial charge on any atom is 0.0589 e. The maximum absolute atomic E-state index is 5.26. The Morgan fingerprint density at radius 3 is 2.56 bits per heavy atom. The molecule has 3 nitrogen and oxygen atoms in total. The number of nitrogens with one attached hydrogen (secondary N) is 1. The molecule has 3 heteroatoms. The van der Waals surface area contributed by atoms with Gasteiger partial charge in [0.05, 0.1) is 6.61 Å². The van der Waals surface area contributed by atoms with Gasteiger partial charge in [0.2, 0.25) is 0 Å². The predicted molar refractivity (Wildman–Crippen MR) is 78.0 cm³/mol. The summed E-state index contributed by atoms with van der Waals surface area (Å²) in [5.41, 5.74) is 0. The van der Waals surface area contributed by atoms with E-state index in [2.05, 4.69) is 31.0 Å². The molecular weight excluding hydrogens is 224 g/mol. The van der Waals surface area contributed by atoms with Crippen LogP contribution in [0.1, 0.15) is 46.5 Å². The summed E-state index contributed by atoms with van der Waals surface area (Å²) in [6, 6.07) is 1.36. The molecule has 0 aromatic carbocycles. The van der Waals surface area contributed by atoms with E-state index in [-0.39, 0.29) is 0 Å². The van der Waals surface area contributed by atoms with Gasteiger partial charge in [-0.2, -0.15) is 0 Å². The molecule has 2 unspecified atom stereocenters. The molecule has 0 amide bonds. The largest absolute Gasteiger partial charge is 0.383 e. The Morgan fingerprint density at radius 2 is 2.06 bits per heavy atom. The van der Waals surface area contributed by atoms with E-state index in [4.69, 9.17) is 4.74 Å². The lowest BCUT2D eigenvalue weighted by Crippen LogP contribution is -2.46. The quantitative estimate of drug-likeness (QED) is 0.615. The van der Waals surface area contributed by atoms with Gasteiger partial charge in [0.15, 0.2) is 0 Å². The molecule has 0 aliphatic heterocycles. The molecule has 1 rings (SSSR count). The lowest BCUT2D eigenvalue weighted by atomic mass is 10.1. The Hall–Kier alpha value is -0.120. The van der Waals surface area contributed by atoms with Crippen LogP contribution >= 0.6 is 0 Å². The zero-order valence-corrected chi connectivity index (χ0v) is 12.7. The van der Waals surface area contributed by atoms with Crippen molar-refractivity contribution in [2.24, 2.45) is 5.92 Å². The van der Waals surface area contributed by atoms with E-state index in [9.17, 15) is 0 Å². The second kappa shape index (κ2) is 8.89. The SMILES string of the molecule is CCCC(CN(CCOC)C(C)C1CC1)NCC. The topological polar surface area (TPSA) is 24.5 Å². The highest BCUT2D eigenvalue weighted by atomic mass is 16.5. The second-order valence-corrected chi connectivity index (χ2v) is 5.61. The molecule has 1 N–H and O–H groups in total. The summed E-state index contributed by atoms with van der Waals surface area (Å²) in [7, 11) is 1.80. The molecule has 0 heterocycles. The highest BCUT2D eigenvalue weighted by Gasteiger charge is 2.32. The summed E-state index contributed by atoms with van der Waals surface area (Å²) >= 11 is 0. The van der Waals surface area contributed by atoms with Crippen molar-refractivity contribution < 1.29 is 4.74 Å². The number of ether oxygens (including phenoxy) is 1. The van der Waals surface area contributed by atoms with Gasteiger partial charge in [0.25, 0.3) is 0 Å². The van der Waals surface area contributed by atoms with Gasteiger partial charge in [-0.1, -0.05) is 20.3 Å². The van der Waals surface area contributed by atoms with Crippen LogP contribution in [0.2, 0.25) is 0 Å². The first-order valence-electron chi connectivity index (χ1n) is 7.69. The van der Waals surface area contributed by atoms with Crippen LogP contribution in [-0.2, 0) is 4.74 Å². The van der Waals surface area contributed by atoms with Crippen LogP contribution < -0.4 is 5.32 Å². The number of hydrogen-bond acceptors (Lipinski definition) is 3. The van der Waals surface area contributed by atoms with Crippen molar-refractivity contribution in [3.05, 3.63) is 0 Å². The molecule has 18 heavy (non-hydrogen) atoms. The summed E-state index contributed by atoms with van der Waals surface area (Å²) in [5.74, 6) is 0.936. The monoisotopic (exact) mass is 256 g/mol. The van der Waals surface area contributed by atoms with Gasteiger partial charge in [-0.05, 0) is 38.6 Å².